The van der Waals surface area contributed by atoms with Crippen LogP contribution in [0.15, 0.2) is 97.1 Å². The molecule has 0 bridgehead atoms. The van der Waals surface area contributed by atoms with Gasteiger partial charge in [-0.05, 0) is 46.5 Å². The second-order valence-corrected chi connectivity index (χ2v) is 9.45. The molecule has 4 aromatic carbocycles. The molecule has 190 valence electrons. The summed E-state index contributed by atoms with van der Waals surface area (Å²) in [6.07, 6.45) is 7.79. The molecule has 7 rings (SSSR count). The summed E-state index contributed by atoms with van der Waals surface area (Å²) < 4.78 is 32.1. The average Bonchev–Trinajstić information content (AvgIpc) is 3.25. The van der Waals surface area contributed by atoms with Crippen molar-refractivity contribution in [1.29, 1.82) is 5.26 Å². The number of anilines is 6. The lowest BCUT2D eigenvalue weighted by atomic mass is 10.0. The van der Waals surface area contributed by atoms with Gasteiger partial charge in [0.25, 0.3) is 0 Å². The summed E-state index contributed by atoms with van der Waals surface area (Å²) in [5.41, 5.74) is 5.49. The van der Waals surface area contributed by atoms with Crippen molar-refractivity contribution in [2.45, 2.75) is 0 Å². The van der Waals surface area contributed by atoms with Crippen molar-refractivity contribution in [3.05, 3.63) is 137 Å². The lowest BCUT2D eigenvalue weighted by molar-refractivity contribution is 0.514. The van der Waals surface area contributed by atoms with Gasteiger partial charge in [0.1, 0.15) is 23.0 Å². The zero-order valence-corrected chi connectivity index (χ0v) is 21.1. The number of nitrogens with zero attached hydrogens (tertiary/aromatic N) is 4. The topological polar surface area (TPSA) is 43.2 Å². The summed E-state index contributed by atoms with van der Waals surface area (Å²) >= 11 is 0. The molecular formula is C34H20F2N4. The number of hydrogen-bond acceptors (Lipinski definition) is 4. The van der Waals surface area contributed by atoms with Crippen molar-refractivity contribution >= 4 is 58.4 Å². The number of para-hydroxylation sites is 4. The van der Waals surface area contributed by atoms with Gasteiger partial charge in [0.15, 0.2) is 0 Å². The summed E-state index contributed by atoms with van der Waals surface area (Å²) in [5.74, 6) is -2.14. The Kier molecular flexibility index (Phi) is 5.50. The maximum Gasteiger partial charge on any atom is 0.241 e. The van der Waals surface area contributed by atoms with E-state index in [0.717, 1.165) is 22.3 Å². The second-order valence-electron chi connectivity index (χ2n) is 9.45. The number of benzene rings is 4. The highest BCUT2D eigenvalue weighted by Gasteiger charge is 2.33. The Hall–Kier alpha value is -5.54. The number of pyridine rings is 1. The van der Waals surface area contributed by atoms with Crippen molar-refractivity contribution in [1.82, 2.24) is 4.98 Å². The van der Waals surface area contributed by atoms with Crippen molar-refractivity contribution in [3.63, 3.8) is 0 Å². The predicted molar refractivity (Wildman–Crippen MR) is 156 cm³/mol. The number of halogens is 2. The van der Waals surface area contributed by atoms with Gasteiger partial charge in [-0.2, -0.15) is 19.0 Å². The third kappa shape index (κ3) is 3.60. The molecule has 3 heterocycles. The first-order valence-corrected chi connectivity index (χ1v) is 12.8. The minimum atomic E-state index is -1.07. The highest BCUT2D eigenvalue weighted by atomic mass is 19.1. The average molecular weight is 523 g/mol. The third-order valence-corrected chi connectivity index (χ3v) is 7.22. The monoisotopic (exact) mass is 522 g/mol. The fraction of sp³-hybridized carbons (Fsp3) is 0. The highest BCUT2D eigenvalue weighted by molar-refractivity contribution is 5.98. The fourth-order valence-electron chi connectivity index (χ4n) is 5.45. The van der Waals surface area contributed by atoms with Gasteiger partial charge in [0.05, 0.1) is 22.7 Å². The van der Waals surface area contributed by atoms with Crippen LogP contribution >= 0.6 is 0 Å². The van der Waals surface area contributed by atoms with Gasteiger partial charge in [0.2, 0.25) is 11.9 Å². The van der Waals surface area contributed by atoms with E-state index in [4.69, 9.17) is 0 Å². The zero-order chi connectivity index (χ0) is 27.2. The molecule has 0 aliphatic carbocycles. The molecule has 0 amide bonds. The SMILES string of the molecule is N#Cc1c(N2c3ccccc3C=Cc3ccccc32)c(F)nc(F)c1N1c2ccccc2C=Cc2ccccc21. The summed E-state index contributed by atoms with van der Waals surface area (Å²) in [6, 6.07) is 32.2. The standard InChI is InChI=1S/C34H20F2N4/c35-33-31(39-27-13-5-1-9-22(27)17-18-23-10-2-6-14-28(23)39)26(21-37)32(34(36)38-33)40-29-15-7-3-11-24(29)19-20-25-12-4-8-16-30(25)40/h1-20H. The van der Waals surface area contributed by atoms with Crippen LogP contribution in [0.4, 0.5) is 42.9 Å². The summed E-state index contributed by atoms with van der Waals surface area (Å²) in [7, 11) is 0. The maximum absolute atomic E-state index is 16.0. The lowest BCUT2D eigenvalue weighted by Gasteiger charge is -2.32. The van der Waals surface area contributed by atoms with E-state index in [0.29, 0.717) is 22.7 Å². The summed E-state index contributed by atoms with van der Waals surface area (Å²) in [4.78, 5) is 7.11. The molecule has 0 spiro atoms. The van der Waals surface area contributed by atoms with Crippen LogP contribution in [0.2, 0.25) is 0 Å². The number of hydrogen-bond donors (Lipinski definition) is 0. The summed E-state index contributed by atoms with van der Waals surface area (Å²) in [6.45, 7) is 0. The Balaban J connectivity index is 1.58. The van der Waals surface area contributed by atoms with E-state index in [9.17, 15) is 5.26 Å². The molecule has 0 atom stereocenters. The molecule has 6 heteroatoms. The van der Waals surface area contributed by atoms with Crippen LogP contribution in [-0.4, -0.2) is 4.98 Å². The van der Waals surface area contributed by atoms with Gasteiger partial charge in [0, 0.05) is 0 Å². The van der Waals surface area contributed by atoms with Gasteiger partial charge in [-0.1, -0.05) is 97.1 Å². The molecule has 1 aromatic heterocycles. The number of fused-ring (bicyclic) bond motifs is 4. The van der Waals surface area contributed by atoms with Gasteiger partial charge in [-0.15, -0.1) is 0 Å². The zero-order valence-electron chi connectivity index (χ0n) is 21.1. The van der Waals surface area contributed by atoms with Crippen molar-refractivity contribution < 1.29 is 8.78 Å². The number of nitriles is 1. The number of rotatable bonds is 2. The van der Waals surface area contributed by atoms with E-state index < -0.39 is 11.9 Å². The van der Waals surface area contributed by atoms with Crippen LogP contribution in [0.25, 0.3) is 24.3 Å². The minimum Gasteiger partial charge on any atom is -0.304 e. The first-order chi connectivity index (χ1) is 19.7. The Labute approximate surface area is 230 Å². The van der Waals surface area contributed by atoms with Gasteiger partial charge in [-0.25, -0.2) is 0 Å². The van der Waals surface area contributed by atoms with Crippen LogP contribution in [0.5, 0.6) is 0 Å². The molecule has 5 aromatic rings. The van der Waals surface area contributed by atoms with Crippen LogP contribution in [-0.2, 0) is 0 Å². The molecule has 0 unspecified atom stereocenters. The van der Waals surface area contributed by atoms with E-state index in [1.165, 1.54) is 0 Å². The molecule has 4 nitrogen and oxygen atoms in total. The van der Waals surface area contributed by atoms with Crippen molar-refractivity contribution in [3.8, 4) is 6.07 Å². The molecule has 0 N–H and O–H groups in total. The fourth-order valence-corrected chi connectivity index (χ4v) is 5.45. The quantitative estimate of drug-likeness (QED) is 0.212. The van der Waals surface area contributed by atoms with E-state index in [2.05, 4.69) is 11.1 Å². The molecule has 0 saturated heterocycles. The molecule has 0 fully saturated rings. The van der Waals surface area contributed by atoms with Crippen LogP contribution in [0, 0.1) is 23.2 Å². The molecule has 40 heavy (non-hydrogen) atoms. The van der Waals surface area contributed by atoms with Gasteiger partial charge < -0.3 is 9.80 Å². The summed E-state index contributed by atoms with van der Waals surface area (Å²) in [5, 5.41) is 10.6. The van der Waals surface area contributed by atoms with E-state index >= 15 is 8.78 Å². The van der Waals surface area contributed by atoms with Crippen LogP contribution in [0.3, 0.4) is 0 Å². The Morgan fingerprint density at radius 2 is 0.800 bits per heavy atom. The Morgan fingerprint density at radius 1 is 0.500 bits per heavy atom. The second kappa shape index (κ2) is 9.33. The first kappa shape index (κ1) is 23.6. The van der Waals surface area contributed by atoms with Crippen molar-refractivity contribution in [2.24, 2.45) is 0 Å². The molecule has 0 saturated carbocycles. The smallest absolute Gasteiger partial charge is 0.241 e. The molecular weight excluding hydrogens is 502 g/mol. The van der Waals surface area contributed by atoms with Gasteiger partial charge >= 0.3 is 0 Å². The van der Waals surface area contributed by atoms with Crippen LogP contribution < -0.4 is 9.80 Å². The van der Waals surface area contributed by atoms with Crippen molar-refractivity contribution in [2.75, 3.05) is 9.80 Å². The molecule has 2 aliphatic heterocycles. The molecule has 0 radical (unpaired) electrons. The highest BCUT2D eigenvalue weighted by Crippen LogP contribution is 2.49. The normalized spacial score (nSPS) is 12.9. The minimum absolute atomic E-state index is 0.116. The van der Waals surface area contributed by atoms with E-state index in [-0.39, 0.29) is 16.9 Å². The Bertz CT molecular complexity index is 1690. The first-order valence-electron chi connectivity index (χ1n) is 12.8. The van der Waals surface area contributed by atoms with E-state index in [1.54, 1.807) is 9.80 Å². The van der Waals surface area contributed by atoms with E-state index in [1.807, 2.05) is 121 Å². The largest absolute Gasteiger partial charge is 0.304 e. The van der Waals surface area contributed by atoms with Crippen LogP contribution in [0.1, 0.15) is 27.8 Å². The Morgan fingerprint density at radius 3 is 1.10 bits per heavy atom. The molecule has 2 aliphatic rings. The predicted octanol–water partition coefficient (Wildman–Crippen LogP) is 9.14. The number of aromatic nitrogens is 1. The van der Waals surface area contributed by atoms with Gasteiger partial charge in [-0.3, -0.25) is 0 Å². The third-order valence-electron chi connectivity index (χ3n) is 7.22. The maximum atomic E-state index is 16.0. The lowest BCUT2D eigenvalue weighted by Crippen LogP contribution is -2.21.